The third kappa shape index (κ3) is 1.02. The molecule has 62 valence electrons. The molecule has 0 unspecified atom stereocenters. The highest BCUT2D eigenvalue weighted by atomic mass is 16.5. The van der Waals surface area contributed by atoms with Crippen molar-refractivity contribution in [3.8, 4) is 0 Å². The van der Waals surface area contributed by atoms with Crippen molar-refractivity contribution >= 4 is 0 Å². The van der Waals surface area contributed by atoms with Gasteiger partial charge in [-0.3, -0.25) is 0 Å². The lowest BCUT2D eigenvalue weighted by atomic mass is 9.82. The smallest absolute Gasteiger partial charge is 0.0793 e. The molecule has 2 atom stereocenters. The molecule has 1 saturated heterocycles. The van der Waals surface area contributed by atoms with Crippen molar-refractivity contribution in [3.05, 3.63) is 11.6 Å². The molecular formula is C10H16O. The fourth-order valence-corrected chi connectivity index (χ4v) is 2.17. The molecule has 0 aromatic carbocycles. The van der Waals surface area contributed by atoms with Gasteiger partial charge >= 0.3 is 0 Å². The third-order valence-corrected chi connectivity index (χ3v) is 3.16. The number of hydrogen-bond donors (Lipinski definition) is 0. The zero-order valence-corrected chi connectivity index (χ0v) is 7.55. The predicted molar refractivity (Wildman–Crippen MR) is 45.4 cm³/mol. The first-order valence-electron chi connectivity index (χ1n) is 4.44. The van der Waals surface area contributed by atoms with E-state index in [9.17, 15) is 0 Å². The van der Waals surface area contributed by atoms with Crippen LogP contribution in [0.2, 0.25) is 0 Å². The first-order chi connectivity index (χ1) is 5.09. The Morgan fingerprint density at radius 2 is 2.27 bits per heavy atom. The van der Waals surface area contributed by atoms with Crippen LogP contribution in [0.25, 0.3) is 0 Å². The average Bonchev–Trinajstić information content (AvgIpc) is 2.16. The topological polar surface area (TPSA) is 9.23 Å². The van der Waals surface area contributed by atoms with Gasteiger partial charge in [0, 0.05) is 0 Å². The van der Waals surface area contributed by atoms with Crippen LogP contribution in [0.5, 0.6) is 0 Å². The monoisotopic (exact) mass is 152 g/mol. The molecule has 0 spiro atoms. The van der Waals surface area contributed by atoms with Gasteiger partial charge in [-0.25, -0.2) is 0 Å². The van der Waals surface area contributed by atoms with E-state index in [0.717, 1.165) is 5.92 Å². The van der Waals surface area contributed by atoms with Gasteiger partial charge < -0.3 is 4.74 Å². The molecule has 0 saturated carbocycles. The summed E-state index contributed by atoms with van der Waals surface area (Å²) in [6.07, 6.45) is 5.24. The molecule has 1 nitrogen and oxygen atoms in total. The summed E-state index contributed by atoms with van der Waals surface area (Å²) in [5.74, 6) is 0.760. The highest BCUT2D eigenvalue weighted by Gasteiger charge is 2.43. The second-order valence-corrected chi connectivity index (χ2v) is 4.33. The van der Waals surface area contributed by atoms with Crippen molar-refractivity contribution in [2.75, 3.05) is 0 Å². The fraction of sp³-hybridized carbons (Fsp3) is 0.800. The minimum atomic E-state index is 0.124. The Balaban J connectivity index is 2.25. The summed E-state index contributed by atoms with van der Waals surface area (Å²) in [5, 5.41) is 0. The van der Waals surface area contributed by atoms with E-state index in [4.69, 9.17) is 4.74 Å². The van der Waals surface area contributed by atoms with Crippen molar-refractivity contribution in [1.29, 1.82) is 0 Å². The summed E-state index contributed by atoms with van der Waals surface area (Å²) in [5.41, 5.74) is 1.56. The van der Waals surface area contributed by atoms with Crippen LogP contribution < -0.4 is 0 Å². The van der Waals surface area contributed by atoms with Gasteiger partial charge in [-0.05, 0) is 45.1 Å². The summed E-state index contributed by atoms with van der Waals surface area (Å²) in [6, 6.07) is 0. The molecule has 2 aliphatic rings. The predicted octanol–water partition coefficient (Wildman–Crippen LogP) is 2.52. The largest absolute Gasteiger partial charge is 0.368 e. The maximum absolute atomic E-state index is 5.92. The van der Waals surface area contributed by atoms with Crippen LogP contribution in [0.3, 0.4) is 0 Å². The minimum absolute atomic E-state index is 0.124. The average molecular weight is 152 g/mol. The molecule has 2 bridgehead atoms. The number of allylic oxidation sites excluding steroid dienone is 1. The lowest BCUT2D eigenvalue weighted by Gasteiger charge is -2.23. The fourth-order valence-electron chi connectivity index (χ4n) is 2.17. The van der Waals surface area contributed by atoms with Crippen LogP contribution in [0.4, 0.5) is 0 Å². The second-order valence-electron chi connectivity index (χ2n) is 4.33. The normalized spacial score (nSPS) is 40.5. The molecule has 1 heterocycles. The SMILES string of the molecule is CC1=CC[C@@H]2C[C@H]1OC2(C)C. The molecule has 0 aromatic rings. The van der Waals surface area contributed by atoms with Crippen molar-refractivity contribution < 1.29 is 4.74 Å². The molecule has 0 N–H and O–H groups in total. The van der Waals surface area contributed by atoms with Crippen LogP contribution >= 0.6 is 0 Å². The van der Waals surface area contributed by atoms with Gasteiger partial charge in [-0.15, -0.1) is 0 Å². The molecule has 1 heteroatoms. The first kappa shape index (κ1) is 7.35. The number of rotatable bonds is 0. The van der Waals surface area contributed by atoms with Gasteiger partial charge in [0.2, 0.25) is 0 Å². The van der Waals surface area contributed by atoms with Crippen molar-refractivity contribution in [1.82, 2.24) is 0 Å². The molecule has 1 aliphatic carbocycles. The van der Waals surface area contributed by atoms with Crippen molar-refractivity contribution in [2.45, 2.75) is 45.3 Å². The Morgan fingerprint density at radius 3 is 2.91 bits per heavy atom. The van der Waals surface area contributed by atoms with Crippen LogP contribution in [0.1, 0.15) is 33.6 Å². The van der Waals surface area contributed by atoms with Crippen molar-refractivity contribution in [2.24, 2.45) is 5.92 Å². The molecule has 2 rings (SSSR count). The van der Waals surface area contributed by atoms with Gasteiger partial charge in [-0.2, -0.15) is 0 Å². The van der Waals surface area contributed by atoms with E-state index in [2.05, 4.69) is 26.8 Å². The molecular weight excluding hydrogens is 136 g/mol. The highest BCUT2D eigenvalue weighted by Crippen LogP contribution is 2.43. The molecule has 0 aromatic heterocycles. The van der Waals surface area contributed by atoms with Gasteiger partial charge in [0.25, 0.3) is 0 Å². The minimum Gasteiger partial charge on any atom is -0.368 e. The highest BCUT2D eigenvalue weighted by molar-refractivity contribution is 5.15. The number of fused-ring (bicyclic) bond motifs is 2. The Kier molecular flexibility index (Phi) is 1.40. The summed E-state index contributed by atoms with van der Waals surface area (Å²) in [7, 11) is 0. The zero-order chi connectivity index (χ0) is 8.06. The second kappa shape index (κ2) is 2.10. The first-order valence-corrected chi connectivity index (χ1v) is 4.44. The zero-order valence-electron chi connectivity index (χ0n) is 7.55. The lowest BCUT2D eigenvalue weighted by Crippen LogP contribution is -2.26. The van der Waals surface area contributed by atoms with E-state index >= 15 is 0 Å². The van der Waals surface area contributed by atoms with Gasteiger partial charge in [0.05, 0.1) is 11.7 Å². The maximum Gasteiger partial charge on any atom is 0.0793 e. The Bertz CT molecular complexity index is 203. The molecule has 1 fully saturated rings. The lowest BCUT2D eigenvalue weighted by molar-refractivity contribution is -0.0136. The summed E-state index contributed by atoms with van der Waals surface area (Å²) in [4.78, 5) is 0. The van der Waals surface area contributed by atoms with Crippen molar-refractivity contribution in [3.63, 3.8) is 0 Å². The standard InChI is InChI=1S/C10H16O/c1-7-4-5-8-6-9(7)11-10(8,2)3/h4,8-9H,5-6H2,1-3H3/t8-,9-/m1/s1. The summed E-state index contributed by atoms with van der Waals surface area (Å²) >= 11 is 0. The maximum atomic E-state index is 5.92. The summed E-state index contributed by atoms with van der Waals surface area (Å²) in [6.45, 7) is 6.61. The quantitative estimate of drug-likeness (QED) is 0.485. The van der Waals surface area contributed by atoms with Gasteiger partial charge in [0.1, 0.15) is 0 Å². The van der Waals surface area contributed by atoms with Crippen LogP contribution in [-0.2, 0) is 4.74 Å². The van der Waals surface area contributed by atoms with Crippen LogP contribution in [-0.4, -0.2) is 11.7 Å². The van der Waals surface area contributed by atoms with E-state index in [-0.39, 0.29) is 5.60 Å². The number of ether oxygens (including phenoxy) is 1. The Labute approximate surface area is 68.4 Å². The van der Waals surface area contributed by atoms with Gasteiger partial charge in [0.15, 0.2) is 0 Å². The molecule has 0 radical (unpaired) electrons. The Morgan fingerprint density at radius 1 is 1.55 bits per heavy atom. The third-order valence-electron chi connectivity index (χ3n) is 3.16. The van der Waals surface area contributed by atoms with E-state index in [0.29, 0.717) is 6.10 Å². The molecule has 1 aliphatic heterocycles. The summed E-state index contributed by atoms with van der Waals surface area (Å²) < 4.78 is 5.92. The van der Waals surface area contributed by atoms with Crippen LogP contribution in [0, 0.1) is 5.92 Å². The van der Waals surface area contributed by atoms with E-state index in [1.165, 1.54) is 18.4 Å². The molecule has 11 heavy (non-hydrogen) atoms. The Hall–Kier alpha value is -0.300. The van der Waals surface area contributed by atoms with Gasteiger partial charge in [-0.1, -0.05) is 6.08 Å². The van der Waals surface area contributed by atoms with Crippen LogP contribution in [0.15, 0.2) is 11.6 Å². The van der Waals surface area contributed by atoms with E-state index < -0.39 is 0 Å². The van der Waals surface area contributed by atoms with E-state index in [1.807, 2.05) is 0 Å². The van der Waals surface area contributed by atoms with E-state index in [1.54, 1.807) is 0 Å². The molecule has 0 amide bonds. The number of hydrogen-bond acceptors (Lipinski definition) is 1.